The van der Waals surface area contributed by atoms with Gasteiger partial charge < -0.3 is 20.7 Å². The Morgan fingerprint density at radius 3 is 2.43 bits per heavy atom. The number of Topliss-reactive ketones (excluding diaryl/α,β-unsaturated/α-hetero) is 4. The second-order valence-electron chi connectivity index (χ2n) is 10.3. The lowest BCUT2D eigenvalue weighted by Crippen LogP contribution is -2.74. The Morgan fingerprint density at radius 2 is 1.84 bits per heavy atom. The molecule has 0 saturated heterocycles. The van der Waals surface area contributed by atoms with Gasteiger partial charge in [0.25, 0.3) is 0 Å². The van der Waals surface area contributed by atoms with E-state index in [1.807, 2.05) is 6.92 Å². The van der Waals surface area contributed by atoms with Crippen molar-refractivity contribution in [3.05, 3.63) is 28.8 Å². The number of ether oxygens (including phenoxy) is 1. The molecule has 6 atom stereocenters. The number of fused-ring (bicyclic) bond motifs is 3. The zero-order valence-electron chi connectivity index (χ0n) is 20.9. The average Bonchev–Trinajstić information content (AvgIpc) is 2.81. The maximum atomic E-state index is 13.7. The quantitative estimate of drug-likeness (QED) is 0.262. The third-order valence-corrected chi connectivity index (χ3v) is 7.90. The number of ketones is 4. The van der Waals surface area contributed by atoms with Crippen molar-refractivity contribution < 1.29 is 43.7 Å². The van der Waals surface area contributed by atoms with Crippen LogP contribution in [0.5, 0.6) is 5.75 Å². The summed E-state index contributed by atoms with van der Waals surface area (Å²) in [5.41, 5.74) is 2.57. The van der Waals surface area contributed by atoms with Crippen LogP contribution in [0.4, 0.5) is 0 Å². The number of nitrogens with zero attached hydrogens (tertiary/aromatic N) is 1. The Balaban J connectivity index is 1.81. The highest BCUT2D eigenvalue weighted by molar-refractivity contribution is 6.32. The van der Waals surface area contributed by atoms with Crippen LogP contribution in [0.1, 0.15) is 52.5 Å². The molecule has 0 spiro atoms. The number of aliphatic hydroxyl groups is 1. The number of carbonyl (C=O) groups is 6. The van der Waals surface area contributed by atoms with E-state index in [-0.39, 0.29) is 36.1 Å². The van der Waals surface area contributed by atoms with E-state index < -0.39 is 76.1 Å². The van der Waals surface area contributed by atoms with Crippen LogP contribution in [0.15, 0.2) is 12.1 Å². The van der Waals surface area contributed by atoms with Crippen LogP contribution in [0.25, 0.3) is 0 Å². The van der Waals surface area contributed by atoms with Gasteiger partial charge in [-0.15, -0.1) is 0 Å². The number of amides is 1. The second-order valence-corrected chi connectivity index (χ2v) is 10.3. The van der Waals surface area contributed by atoms with E-state index in [2.05, 4.69) is 0 Å². The van der Waals surface area contributed by atoms with Gasteiger partial charge in [-0.1, -0.05) is 13.3 Å². The summed E-state index contributed by atoms with van der Waals surface area (Å²) in [7, 11) is 3.02. The minimum Gasteiger partial charge on any atom is -0.507 e. The number of benzene rings is 1. The van der Waals surface area contributed by atoms with E-state index >= 15 is 0 Å². The van der Waals surface area contributed by atoms with Crippen molar-refractivity contribution in [1.29, 1.82) is 0 Å². The maximum absolute atomic E-state index is 13.7. The van der Waals surface area contributed by atoms with E-state index in [1.165, 1.54) is 25.1 Å². The van der Waals surface area contributed by atoms with E-state index in [9.17, 15) is 39.0 Å². The first kappa shape index (κ1) is 26.6. The topological polar surface area (TPSA) is 181 Å². The predicted octanol–water partition coefficient (Wildman–Crippen LogP) is -0.176. The van der Waals surface area contributed by atoms with Gasteiger partial charge in [0.1, 0.15) is 5.75 Å². The fraction of sp³-hybridized carbons (Fsp3) is 0.538. The normalized spacial score (nSPS) is 31.0. The van der Waals surface area contributed by atoms with E-state index in [4.69, 9.17) is 10.5 Å². The minimum atomic E-state index is -2.79. The molecule has 3 aliphatic rings. The van der Waals surface area contributed by atoms with Crippen molar-refractivity contribution in [1.82, 2.24) is 4.90 Å². The summed E-state index contributed by atoms with van der Waals surface area (Å²) in [6, 6.07) is 1.32. The minimum absolute atomic E-state index is 0.00154. The molecule has 2 saturated carbocycles. The van der Waals surface area contributed by atoms with Crippen LogP contribution in [0.2, 0.25) is 0 Å². The number of nitrogens with two attached hydrogens (primary N) is 1. The van der Waals surface area contributed by atoms with Gasteiger partial charge in [0.2, 0.25) is 5.91 Å². The van der Waals surface area contributed by atoms with Gasteiger partial charge in [-0.05, 0) is 57.0 Å². The van der Waals surface area contributed by atoms with Crippen LogP contribution in [0, 0.1) is 23.7 Å². The van der Waals surface area contributed by atoms with E-state index in [1.54, 1.807) is 0 Å². The van der Waals surface area contributed by atoms with E-state index in [0.29, 0.717) is 6.42 Å². The molecule has 0 aliphatic heterocycles. The van der Waals surface area contributed by atoms with Crippen LogP contribution >= 0.6 is 0 Å². The van der Waals surface area contributed by atoms with Crippen molar-refractivity contribution in [2.75, 3.05) is 20.7 Å². The van der Waals surface area contributed by atoms with Crippen LogP contribution in [-0.2, 0) is 30.3 Å². The predicted molar refractivity (Wildman–Crippen MR) is 127 cm³/mol. The highest BCUT2D eigenvalue weighted by atomic mass is 16.5. The van der Waals surface area contributed by atoms with Gasteiger partial charge >= 0.3 is 5.97 Å². The van der Waals surface area contributed by atoms with Crippen LogP contribution < -0.4 is 5.73 Å². The monoisotopic (exact) mass is 514 g/mol. The molecule has 37 heavy (non-hydrogen) atoms. The lowest BCUT2D eigenvalue weighted by Gasteiger charge is -2.52. The number of carbonyl (C=O) groups excluding carboxylic acids is 6. The maximum Gasteiger partial charge on any atom is 0.338 e. The molecular weight excluding hydrogens is 484 g/mol. The van der Waals surface area contributed by atoms with Gasteiger partial charge in [0, 0.05) is 5.92 Å². The molecule has 2 fully saturated rings. The lowest BCUT2D eigenvalue weighted by molar-refractivity contribution is -0.181. The lowest BCUT2D eigenvalue weighted by atomic mass is 9.52. The largest absolute Gasteiger partial charge is 0.507 e. The Bertz CT molecular complexity index is 1220. The third kappa shape index (κ3) is 3.88. The molecule has 0 aromatic heterocycles. The average molecular weight is 515 g/mol. The van der Waals surface area contributed by atoms with Gasteiger partial charge in [0.15, 0.2) is 34.7 Å². The van der Waals surface area contributed by atoms with Crippen LogP contribution in [-0.4, -0.2) is 82.5 Å². The standard InChI is InChI=1S/C26H30N2O9/c1-4-5-8-37-25(35)12-6-7-15(29)17-13(12)9-11-10-14-19(28(2)3)21(31)18(24(27)34)23(33)26(14,36)22(32)16(11)20(17)30/h6-7,11,14,16,18-19,29,36H,4-5,8-10H2,1-3H3,(H2,27,34). The number of aromatic hydroxyl groups is 1. The van der Waals surface area contributed by atoms with Gasteiger partial charge in [0.05, 0.1) is 29.7 Å². The van der Waals surface area contributed by atoms with Crippen LogP contribution in [0.3, 0.4) is 0 Å². The number of esters is 1. The van der Waals surface area contributed by atoms with Crippen molar-refractivity contribution in [2.24, 2.45) is 29.4 Å². The fourth-order valence-electron chi connectivity index (χ4n) is 6.18. The van der Waals surface area contributed by atoms with E-state index in [0.717, 1.165) is 12.5 Å². The molecule has 11 heteroatoms. The summed E-state index contributed by atoms with van der Waals surface area (Å²) < 4.78 is 5.30. The van der Waals surface area contributed by atoms with Crippen molar-refractivity contribution in [3.8, 4) is 5.75 Å². The number of primary amides is 1. The molecule has 1 amide bonds. The Labute approximate surface area is 212 Å². The van der Waals surface area contributed by atoms with Gasteiger partial charge in [-0.2, -0.15) is 0 Å². The zero-order valence-corrected chi connectivity index (χ0v) is 20.9. The summed E-state index contributed by atoms with van der Waals surface area (Å²) in [5, 5.41) is 22.1. The Hall–Kier alpha value is -3.44. The molecule has 0 heterocycles. The second kappa shape index (κ2) is 9.46. The number of rotatable bonds is 6. The number of hydrogen-bond acceptors (Lipinski definition) is 10. The number of hydrogen-bond donors (Lipinski definition) is 3. The molecule has 0 radical (unpaired) electrons. The molecule has 198 valence electrons. The number of phenolic OH excluding ortho intramolecular Hbond substituents is 1. The molecule has 1 aromatic rings. The molecule has 1 aromatic carbocycles. The number of unbranched alkanes of at least 4 members (excludes halogenated alkanes) is 1. The van der Waals surface area contributed by atoms with Crippen molar-refractivity contribution in [3.63, 3.8) is 0 Å². The molecule has 6 unspecified atom stereocenters. The summed E-state index contributed by atoms with van der Waals surface area (Å²) in [6.07, 6.45) is 1.35. The van der Waals surface area contributed by atoms with Gasteiger partial charge in [-0.25, -0.2) is 4.79 Å². The summed E-state index contributed by atoms with van der Waals surface area (Å²) in [5.74, 6) is -12.1. The molecule has 11 nitrogen and oxygen atoms in total. The first-order valence-corrected chi connectivity index (χ1v) is 12.2. The highest BCUT2D eigenvalue weighted by Crippen LogP contribution is 2.51. The smallest absolute Gasteiger partial charge is 0.338 e. The number of likely N-dealkylation sites (N-methyl/N-ethyl adjacent to an activating group) is 1. The Morgan fingerprint density at radius 1 is 1.16 bits per heavy atom. The SMILES string of the molecule is CCCCOC(=O)c1ccc(O)c2c1CC1CC3C(N(C)C)C(=O)C(C(N)=O)C(=O)C3(O)C(=O)C1C2=O. The molecular formula is C26H30N2O9. The molecule has 0 bridgehead atoms. The molecule has 4 N–H and O–H groups in total. The van der Waals surface area contributed by atoms with Crippen molar-refractivity contribution in [2.45, 2.75) is 44.2 Å². The fourth-order valence-corrected chi connectivity index (χ4v) is 6.18. The first-order chi connectivity index (χ1) is 17.4. The van der Waals surface area contributed by atoms with Gasteiger partial charge in [-0.3, -0.25) is 28.9 Å². The summed E-state index contributed by atoms with van der Waals surface area (Å²) in [4.78, 5) is 79.9. The molecule has 4 rings (SSSR count). The summed E-state index contributed by atoms with van der Waals surface area (Å²) in [6.45, 7) is 2.11. The van der Waals surface area contributed by atoms with Crippen molar-refractivity contribution >= 4 is 35.0 Å². The highest BCUT2D eigenvalue weighted by Gasteiger charge is 2.69. The number of phenols is 1. The third-order valence-electron chi connectivity index (χ3n) is 7.90. The zero-order chi connectivity index (χ0) is 27.4. The molecule has 3 aliphatic carbocycles. The Kier molecular flexibility index (Phi) is 6.80. The summed E-state index contributed by atoms with van der Waals surface area (Å²) >= 11 is 0. The first-order valence-electron chi connectivity index (χ1n) is 12.2.